The van der Waals surface area contributed by atoms with Gasteiger partial charge in [0.15, 0.2) is 5.69 Å². The molecule has 0 aliphatic rings. The molecule has 0 spiro atoms. The van der Waals surface area contributed by atoms with Gasteiger partial charge in [0, 0.05) is 6.07 Å². The van der Waals surface area contributed by atoms with Crippen molar-refractivity contribution in [1.29, 1.82) is 0 Å². The van der Waals surface area contributed by atoms with E-state index in [0.29, 0.717) is 21.4 Å². The van der Waals surface area contributed by atoms with E-state index in [1.807, 2.05) is 0 Å². The molecule has 5 heteroatoms. The molecular formula is C7H8Cl2N2O. The first-order chi connectivity index (χ1) is 5.52. The van der Waals surface area contributed by atoms with E-state index in [1.54, 1.807) is 0 Å². The van der Waals surface area contributed by atoms with Gasteiger partial charge in [-0.2, -0.15) is 0 Å². The number of quaternary nitrogens is 1. The molecule has 0 aliphatic heterocycles. The Hall–Kier alpha value is -0.480. The molecule has 66 valence electrons. The third-order valence-electron chi connectivity index (χ3n) is 1.47. The molecule has 0 saturated heterocycles. The minimum absolute atomic E-state index is 0.119. The van der Waals surface area contributed by atoms with E-state index in [4.69, 9.17) is 28.9 Å². The predicted molar refractivity (Wildman–Crippen MR) is 50.8 cm³/mol. The minimum Gasteiger partial charge on any atom is -0.629 e. The van der Waals surface area contributed by atoms with Crippen LogP contribution in [0.5, 0.6) is 0 Å². The van der Waals surface area contributed by atoms with Crippen molar-refractivity contribution >= 4 is 34.6 Å². The van der Waals surface area contributed by atoms with Crippen LogP contribution in [0.1, 0.15) is 0 Å². The lowest BCUT2D eigenvalue weighted by molar-refractivity contribution is -0.750. The maximum Gasteiger partial charge on any atom is 0.155 e. The maximum absolute atomic E-state index is 10.9. The van der Waals surface area contributed by atoms with Gasteiger partial charge in [-0.15, -0.1) is 0 Å². The van der Waals surface area contributed by atoms with Crippen LogP contribution in [-0.2, 0) is 0 Å². The van der Waals surface area contributed by atoms with Gasteiger partial charge < -0.3 is 16.0 Å². The summed E-state index contributed by atoms with van der Waals surface area (Å²) in [6.07, 6.45) is 0. The lowest BCUT2D eigenvalue weighted by Gasteiger charge is -2.17. The van der Waals surface area contributed by atoms with Gasteiger partial charge in [0.1, 0.15) is 0 Å². The standard InChI is InChI=1S/C7H8Cl2N2O/c1-11(12)7-3-5(9)4(8)2-6(7)10/h2-3,11H,10H2,1H3. The zero-order valence-electron chi connectivity index (χ0n) is 6.40. The molecule has 0 aliphatic carbocycles. The molecule has 12 heavy (non-hydrogen) atoms. The lowest BCUT2D eigenvalue weighted by atomic mass is 10.2. The highest BCUT2D eigenvalue weighted by atomic mass is 35.5. The Kier molecular flexibility index (Phi) is 2.80. The summed E-state index contributed by atoms with van der Waals surface area (Å²) in [6.45, 7) is 0. The van der Waals surface area contributed by atoms with E-state index in [9.17, 15) is 5.21 Å². The summed E-state index contributed by atoms with van der Waals surface area (Å²) in [7, 11) is 1.43. The average molecular weight is 207 g/mol. The van der Waals surface area contributed by atoms with Gasteiger partial charge in [-0.05, 0) is 6.07 Å². The summed E-state index contributed by atoms with van der Waals surface area (Å²) in [4.78, 5) is 0. The molecule has 0 aromatic heterocycles. The first-order valence-corrected chi connectivity index (χ1v) is 4.03. The maximum atomic E-state index is 10.9. The third-order valence-corrected chi connectivity index (χ3v) is 2.19. The van der Waals surface area contributed by atoms with E-state index in [0.717, 1.165) is 0 Å². The fraction of sp³-hybridized carbons (Fsp3) is 0.143. The number of hydroxylamine groups is 1. The summed E-state index contributed by atoms with van der Waals surface area (Å²) in [5.74, 6) is 0. The van der Waals surface area contributed by atoms with E-state index >= 15 is 0 Å². The number of nitrogens with two attached hydrogens (primary N) is 1. The van der Waals surface area contributed by atoms with Crippen LogP contribution in [0.25, 0.3) is 0 Å². The number of halogens is 2. The molecule has 0 radical (unpaired) electrons. The normalized spacial score (nSPS) is 13.0. The Bertz CT molecular complexity index is 302. The van der Waals surface area contributed by atoms with Crippen LogP contribution in [0.3, 0.4) is 0 Å². The predicted octanol–water partition coefficient (Wildman–Crippen LogP) is 1.22. The molecule has 0 amide bonds. The Morgan fingerprint density at radius 2 is 1.83 bits per heavy atom. The summed E-state index contributed by atoms with van der Waals surface area (Å²) >= 11 is 11.4. The van der Waals surface area contributed by atoms with Gasteiger partial charge in [-0.25, -0.2) is 0 Å². The molecule has 0 fully saturated rings. The second-order valence-corrected chi connectivity index (χ2v) is 3.22. The van der Waals surface area contributed by atoms with Crippen LogP contribution in [0, 0.1) is 5.21 Å². The van der Waals surface area contributed by atoms with Crippen LogP contribution < -0.4 is 10.8 Å². The van der Waals surface area contributed by atoms with Gasteiger partial charge in [0.2, 0.25) is 0 Å². The minimum atomic E-state index is -0.119. The van der Waals surface area contributed by atoms with Crippen molar-refractivity contribution in [3.8, 4) is 0 Å². The largest absolute Gasteiger partial charge is 0.629 e. The molecule has 1 aromatic carbocycles. The number of rotatable bonds is 1. The fourth-order valence-corrected chi connectivity index (χ4v) is 1.20. The Balaban J connectivity index is 3.23. The van der Waals surface area contributed by atoms with Gasteiger partial charge >= 0.3 is 0 Å². The third kappa shape index (κ3) is 1.81. The molecule has 0 bridgehead atoms. The van der Waals surface area contributed by atoms with Gasteiger partial charge in [0.05, 0.1) is 22.8 Å². The number of benzene rings is 1. The zero-order chi connectivity index (χ0) is 9.30. The molecule has 0 saturated carbocycles. The van der Waals surface area contributed by atoms with Crippen LogP contribution in [-0.4, -0.2) is 7.05 Å². The summed E-state index contributed by atoms with van der Waals surface area (Å²) in [5.41, 5.74) is 6.29. The topological polar surface area (TPSA) is 53.5 Å². The summed E-state index contributed by atoms with van der Waals surface area (Å²) in [5, 5.41) is 11.5. The molecule has 1 aromatic rings. The van der Waals surface area contributed by atoms with Crippen LogP contribution in [0.4, 0.5) is 11.4 Å². The van der Waals surface area contributed by atoms with Crippen molar-refractivity contribution in [3.63, 3.8) is 0 Å². The number of nitrogens with one attached hydrogen (secondary N) is 1. The van der Waals surface area contributed by atoms with Crippen molar-refractivity contribution in [2.45, 2.75) is 0 Å². The highest BCUT2D eigenvalue weighted by Crippen LogP contribution is 2.28. The number of hydrogen-bond donors (Lipinski definition) is 2. The molecular weight excluding hydrogens is 199 g/mol. The first-order valence-electron chi connectivity index (χ1n) is 3.28. The van der Waals surface area contributed by atoms with Crippen LogP contribution in [0.15, 0.2) is 12.1 Å². The van der Waals surface area contributed by atoms with E-state index in [1.165, 1.54) is 19.2 Å². The second kappa shape index (κ2) is 3.49. The SMILES string of the molecule is C[NH+]([O-])c1cc(Cl)c(Cl)cc1N. The Morgan fingerprint density at radius 3 is 2.33 bits per heavy atom. The van der Waals surface area contributed by atoms with Crippen molar-refractivity contribution < 1.29 is 5.06 Å². The van der Waals surface area contributed by atoms with Crippen LogP contribution in [0.2, 0.25) is 10.0 Å². The highest BCUT2D eigenvalue weighted by Gasteiger charge is 2.07. The first kappa shape index (κ1) is 9.61. The molecule has 1 rings (SSSR count). The van der Waals surface area contributed by atoms with Crippen molar-refractivity contribution in [2.24, 2.45) is 0 Å². The van der Waals surface area contributed by atoms with E-state index in [-0.39, 0.29) is 5.06 Å². The Morgan fingerprint density at radius 1 is 1.33 bits per heavy atom. The quantitative estimate of drug-likeness (QED) is 0.537. The van der Waals surface area contributed by atoms with Crippen molar-refractivity contribution in [3.05, 3.63) is 27.4 Å². The number of nitrogen functional groups attached to an aromatic ring is 1. The van der Waals surface area contributed by atoms with Gasteiger partial charge in [-0.3, -0.25) is 0 Å². The number of anilines is 1. The molecule has 1 unspecified atom stereocenters. The zero-order valence-corrected chi connectivity index (χ0v) is 7.91. The molecule has 0 heterocycles. The van der Waals surface area contributed by atoms with E-state index in [2.05, 4.69) is 0 Å². The summed E-state index contributed by atoms with van der Waals surface area (Å²) < 4.78 is 0. The molecule has 1 atom stereocenters. The van der Waals surface area contributed by atoms with Crippen LogP contribution >= 0.6 is 23.2 Å². The second-order valence-electron chi connectivity index (χ2n) is 2.41. The average Bonchev–Trinajstić information content (AvgIpc) is 1.96. The fourth-order valence-electron chi connectivity index (χ4n) is 0.867. The van der Waals surface area contributed by atoms with Gasteiger partial charge in [-0.1, -0.05) is 23.2 Å². The van der Waals surface area contributed by atoms with E-state index < -0.39 is 0 Å². The van der Waals surface area contributed by atoms with Crippen molar-refractivity contribution in [2.75, 3.05) is 12.8 Å². The lowest BCUT2D eigenvalue weighted by Crippen LogP contribution is -2.98. The van der Waals surface area contributed by atoms with Crippen molar-refractivity contribution in [1.82, 2.24) is 0 Å². The van der Waals surface area contributed by atoms with Gasteiger partial charge in [0.25, 0.3) is 0 Å². The molecule has 3 nitrogen and oxygen atoms in total. The molecule has 3 N–H and O–H groups in total. The smallest absolute Gasteiger partial charge is 0.155 e. The monoisotopic (exact) mass is 206 g/mol. The Labute approximate surface area is 80.3 Å². The summed E-state index contributed by atoms with van der Waals surface area (Å²) in [6, 6.07) is 2.95. The number of hydrogen-bond acceptors (Lipinski definition) is 2. The highest BCUT2D eigenvalue weighted by molar-refractivity contribution is 6.42.